The first kappa shape index (κ1) is 17.6. The van der Waals surface area contributed by atoms with E-state index in [9.17, 15) is 4.79 Å². The number of aromatic nitrogens is 1. The Hall–Kier alpha value is -2.80. The van der Waals surface area contributed by atoms with Gasteiger partial charge < -0.3 is 25.2 Å². The van der Waals surface area contributed by atoms with E-state index in [0.29, 0.717) is 18.2 Å². The highest BCUT2D eigenvalue weighted by Crippen LogP contribution is 2.22. The second-order valence-corrected chi connectivity index (χ2v) is 5.19. The number of pyridine rings is 1. The highest BCUT2D eigenvalue weighted by molar-refractivity contribution is 5.73. The maximum atomic E-state index is 11.6. The Kier molecular flexibility index (Phi) is 6.39. The van der Waals surface area contributed by atoms with Crippen molar-refractivity contribution in [3.63, 3.8) is 0 Å². The minimum atomic E-state index is -0.582. The summed E-state index contributed by atoms with van der Waals surface area (Å²) in [7, 11) is 1.60. The quantitative estimate of drug-likeness (QED) is 0.722. The van der Waals surface area contributed by atoms with E-state index < -0.39 is 6.10 Å². The molecule has 0 bridgehead atoms. The summed E-state index contributed by atoms with van der Waals surface area (Å²) in [5, 5.41) is 14.4. The van der Waals surface area contributed by atoms with Gasteiger partial charge in [0.25, 0.3) is 0 Å². The van der Waals surface area contributed by atoms with E-state index in [1.54, 1.807) is 56.6 Å². The number of ether oxygens (including phenoxy) is 2. The summed E-state index contributed by atoms with van der Waals surface area (Å²) in [6.45, 7) is 2.13. The molecule has 2 rings (SSSR count). The number of amides is 2. The molecule has 0 unspecified atom stereocenters. The number of methoxy groups -OCH3 is 1. The Bertz CT molecular complexity index is 659. The Morgan fingerprint density at radius 2 is 1.92 bits per heavy atom. The summed E-state index contributed by atoms with van der Waals surface area (Å²) in [5.41, 5.74) is 0.848. The van der Waals surface area contributed by atoms with Crippen molar-refractivity contribution in [1.82, 2.24) is 15.6 Å². The molecule has 2 amide bonds. The third-order valence-electron chi connectivity index (χ3n) is 3.09. The molecule has 128 valence electrons. The Morgan fingerprint density at radius 3 is 2.58 bits per heavy atom. The third-order valence-corrected chi connectivity index (χ3v) is 3.09. The number of urea groups is 1. The molecule has 24 heavy (non-hydrogen) atoms. The summed E-state index contributed by atoms with van der Waals surface area (Å²) < 4.78 is 10.8. The number of benzene rings is 1. The number of rotatable bonds is 7. The molecule has 1 aromatic carbocycles. The molecular formula is C17H21N3O4. The molecule has 1 heterocycles. The normalized spacial score (nSPS) is 11.5. The number of hydrogen-bond acceptors (Lipinski definition) is 5. The fourth-order valence-electron chi connectivity index (χ4n) is 1.87. The van der Waals surface area contributed by atoms with Gasteiger partial charge in [0, 0.05) is 25.4 Å². The van der Waals surface area contributed by atoms with Crippen LogP contribution < -0.4 is 20.1 Å². The van der Waals surface area contributed by atoms with E-state index in [1.165, 1.54) is 0 Å². The molecule has 0 aliphatic heterocycles. The van der Waals surface area contributed by atoms with Gasteiger partial charge in [0.2, 0.25) is 5.88 Å². The zero-order valence-electron chi connectivity index (χ0n) is 13.7. The van der Waals surface area contributed by atoms with Crippen molar-refractivity contribution in [1.29, 1.82) is 0 Å². The number of carbonyl (C=O) groups excluding carboxylic acids is 1. The third kappa shape index (κ3) is 5.77. The van der Waals surface area contributed by atoms with E-state index in [4.69, 9.17) is 14.6 Å². The summed E-state index contributed by atoms with van der Waals surface area (Å²) in [5.74, 6) is 1.82. The van der Waals surface area contributed by atoms with Gasteiger partial charge in [0.15, 0.2) is 0 Å². The molecule has 0 aliphatic carbocycles. The lowest BCUT2D eigenvalue weighted by atomic mass is 10.2. The van der Waals surface area contributed by atoms with Crippen LogP contribution in [0.4, 0.5) is 4.79 Å². The first-order valence-electron chi connectivity index (χ1n) is 7.53. The highest BCUT2D eigenvalue weighted by atomic mass is 16.5. The zero-order valence-corrected chi connectivity index (χ0v) is 13.7. The van der Waals surface area contributed by atoms with Gasteiger partial charge in [0.05, 0.1) is 13.2 Å². The average Bonchev–Trinajstić information content (AvgIpc) is 2.59. The van der Waals surface area contributed by atoms with Gasteiger partial charge in [-0.2, -0.15) is 0 Å². The number of carbonyl (C=O) groups is 1. The van der Waals surface area contributed by atoms with E-state index in [-0.39, 0.29) is 12.6 Å². The lowest BCUT2D eigenvalue weighted by molar-refractivity contribution is 0.187. The summed E-state index contributed by atoms with van der Waals surface area (Å²) in [6.07, 6.45) is 1.03. The van der Waals surface area contributed by atoms with Gasteiger partial charge in [-0.05, 0) is 42.8 Å². The van der Waals surface area contributed by atoms with Crippen molar-refractivity contribution in [2.24, 2.45) is 0 Å². The van der Waals surface area contributed by atoms with Crippen LogP contribution in [0.3, 0.4) is 0 Å². The number of hydrogen-bond donors (Lipinski definition) is 3. The van der Waals surface area contributed by atoms with Gasteiger partial charge in [-0.1, -0.05) is 0 Å². The largest absolute Gasteiger partial charge is 0.497 e. The molecule has 0 aliphatic rings. The van der Waals surface area contributed by atoms with Crippen LogP contribution in [-0.4, -0.2) is 35.9 Å². The van der Waals surface area contributed by atoms with Crippen LogP contribution in [0.25, 0.3) is 0 Å². The summed E-state index contributed by atoms with van der Waals surface area (Å²) in [6, 6.07) is 10.4. The Labute approximate surface area is 140 Å². The molecule has 0 spiro atoms. The number of nitrogens with zero attached hydrogens (tertiary/aromatic N) is 1. The van der Waals surface area contributed by atoms with Crippen molar-refractivity contribution in [3.05, 3.63) is 48.2 Å². The monoisotopic (exact) mass is 331 g/mol. The van der Waals surface area contributed by atoms with Crippen molar-refractivity contribution in [2.75, 3.05) is 13.7 Å². The molecule has 1 aromatic heterocycles. The van der Waals surface area contributed by atoms with Crippen LogP contribution in [0.15, 0.2) is 42.6 Å². The van der Waals surface area contributed by atoms with E-state index in [2.05, 4.69) is 15.6 Å². The van der Waals surface area contributed by atoms with Crippen LogP contribution in [0.1, 0.15) is 12.5 Å². The van der Waals surface area contributed by atoms with E-state index in [1.807, 2.05) is 0 Å². The molecule has 0 radical (unpaired) electrons. The maximum absolute atomic E-state index is 11.6. The predicted octanol–water partition coefficient (Wildman–Crippen LogP) is 2.06. The lowest BCUT2D eigenvalue weighted by Crippen LogP contribution is -2.38. The Morgan fingerprint density at radius 1 is 1.21 bits per heavy atom. The smallest absolute Gasteiger partial charge is 0.315 e. The molecule has 1 atom stereocenters. The average molecular weight is 331 g/mol. The summed E-state index contributed by atoms with van der Waals surface area (Å²) in [4.78, 5) is 15.7. The van der Waals surface area contributed by atoms with Gasteiger partial charge >= 0.3 is 6.03 Å². The molecule has 7 nitrogen and oxygen atoms in total. The van der Waals surface area contributed by atoms with Crippen molar-refractivity contribution < 1.29 is 19.4 Å². The lowest BCUT2D eigenvalue weighted by Gasteiger charge is -2.10. The summed E-state index contributed by atoms with van der Waals surface area (Å²) >= 11 is 0. The molecule has 0 saturated heterocycles. The molecule has 0 saturated carbocycles. The maximum Gasteiger partial charge on any atom is 0.315 e. The van der Waals surface area contributed by atoms with Crippen LogP contribution in [0.5, 0.6) is 17.4 Å². The number of aliphatic hydroxyl groups is 1. The van der Waals surface area contributed by atoms with Crippen molar-refractivity contribution in [2.45, 2.75) is 19.6 Å². The molecule has 2 aromatic rings. The minimum absolute atomic E-state index is 0.202. The second kappa shape index (κ2) is 8.73. The van der Waals surface area contributed by atoms with Gasteiger partial charge in [-0.15, -0.1) is 0 Å². The SMILES string of the molecule is COc1ccc(Oc2cc(CNC(=O)NC[C@H](C)O)ccn2)cc1. The fourth-order valence-corrected chi connectivity index (χ4v) is 1.87. The Balaban J connectivity index is 1.89. The predicted molar refractivity (Wildman–Crippen MR) is 89.2 cm³/mol. The van der Waals surface area contributed by atoms with Crippen LogP contribution in [0.2, 0.25) is 0 Å². The molecular weight excluding hydrogens is 310 g/mol. The van der Waals surface area contributed by atoms with Crippen molar-refractivity contribution >= 4 is 6.03 Å². The zero-order chi connectivity index (χ0) is 17.4. The standard InChI is InChI=1S/C17H21N3O4/c1-12(21)10-19-17(22)20-11-13-7-8-18-16(9-13)24-15-5-3-14(23-2)4-6-15/h3-9,12,21H,10-11H2,1-2H3,(H2,19,20,22)/t12-/m0/s1. The first-order chi connectivity index (χ1) is 11.6. The molecule has 7 heteroatoms. The van der Waals surface area contributed by atoms with Gasteiger partial charge in [0.1, 0.15) is 11.5 Å². The van der Waals surface area contributed by atoms with E-state index in [0.717, 1.165) is 11.3 Å². The van der Waals surface area contributed by atoms with Crippen molar-refractivity contribution in [3.8, 4) is 17.4 Å². The molecule has 3 N–H and O–H groups in total. The fraction of sp³-hybridized carbons (Fsp3) is 0.294. The topological polar surface area (TPSA) is 92.7 Å². The van der Waals surface area contributed by atoms with E-state index >= 15 is 0 Å². The number of aliphatic hydroxyl groups excluding tert-OH is 1. The van der Waals surface area contributed by atoms with Crippen LogP contribution in [-0.2, 0) is 6.54 Å². The molecule has 0 fully saturated rings. The number of nitrogens with one attached hydrogen (secondary N) is 2. The first-order valence-corrected chi connectivity index (χ1v) is 7.53. The minimum Gasteiger partial charge on any atom is -0.497 e. The van der Waals surface area contributed by atoms with Gasteiger partial charge in [-0.25, -0.2) is 9.78 Å². The van der Waals surface area contributed by atoms with Crippen LogP contribution >= 0.6 is 0 Å². The second-order valence-electron chi connectivity index (χ2n) is 5.19. The van der Waals surface area contributed by atoms with Gasteiger partial charge in [-0.3, -0.25) is 0 Å². The highest BCUT2D eigenvalue weighted by Gasteiger charge is 2.04. The van der Waals surface area contributed by atoms with Crippen LogP contribution in [0, 0.1) is 0 Å².